The van der Waals surface area contributed by atoms with Crippen LogP contribution in [0.3, 0.4) is 0 Å². The van der Waals surface area contributed by atoms with Gasteiger partial charge in [0.2, 0.25) is 0 Å². The molecule has 2 amide bonds. The quantitative estimate of drug-likeness (QED) is 0.497. The molecule has 9 heteroatoms. The van der Waals surface area contributed by atoms with Crippen LogP contribution in [0.15, 0.2) is 60.8 Å². The van der Waals surface area contributed by atoms with E-state index in [9.17, 15) is 14.9 Å². The molecule has 8 nitrogen and oxygen atoms in total. The first kappa shape index (κ1) is 18.4. The predicted molar refractivity (Wildman–Crippen MR) is 102 cm³/mol. The zero-order chi connectivity index (χ0) is 19.2. The average molecular weight is 386 g/mol. The Morgan fingerprint density at radius 1 is 1.19 bits per heavy atom. The molecule has 138 valence electrons. The van der Waals surface area contributed by atoms with Crippen molar-refractivity contribution in [2.45, 2.75) is 6.42 Å². The first-order chi connectivity index (χ1) is 13.0. The molecule has 0 aliphatic carbocycles. The summed E-state index contributed by atoms with van der Waals surface area (Å²) >= 11 is 5.75. The molecular formula is C18H16ClN5O3. The third-order valence-electron chi connectivity index (χ3n) is 3.73. The average Bonchev–Trinajstić information content (AvgIpc) is 3.13. The molecule has 0 saturated heterocycles. The lowest BCUT2D eigenvalue weighted by molar-refractivity contribution is -0.384. The molecule has 0 unspecified atom stereocenters. The van der Waals surface area contributed by atoms with Crippen molar-refractivity contribution in [1.82, 2.24) is 15.1 Å². The van der Waals surface area contributed by atoms with Crippen LogP contribution in [0.5, 0.6) is 0 Å². The molecule has 2 N–H and O–H groups in total. The third kappa shape index (κ3) is 4.83. The minimum Gasteiger partial charge on any atom is -0.337 e. The lowest BCUT2D eigenvalue weighted by atomic mass is 10.3. The van der Waals surface area contributed by atoms with E-state index in [1.165, 1.54) is 18.2 Å². The molecule has 2 aromatic carbocycles. The van der Waals surface area contributed by atoms with Crippen LogP contribution in [0.25, 0.3) is 5.69 Å². The monoisotopic (exact) mass is 385 g/mol. The number of nitro benzene ring substituents is 1. The van der Waals surface area contributed by atoms with E-state index in [0.29, 0.717) is 13.0 Å². The minimum absolute atomic E-state index is 0.0139. The van der Waals surface area contributed by atoms with Gasteiger partial charge in [0.15, 0.2) is 0 Å². The van der Waals surface area contributed by atoms with Crippen molar-refractivity contribution < 1.29 is 9.72 Å². The zero-order valence-electron chi connectivity index (χ0n) is 14.1. The number of para-hydroxylation sites is 1. The SMILES string of the molecule is O=C(NCCc1ccn(-c2ccccc2)n1)Nc1ccc(Cl)c([N+](=O)[O-])c1. The summed E-state index contributed by atoms with van der Waals surface area (Å²) in [5, 5.41) is 20.6. The maximum atomic E-state index is 11.9. The topological polar surface area (TPSA) is 102 Å². The van der Waals surface area contributed by atoms with E-state index in [0.717, 1.165) is 11.4 Å². The minimum atomic E-state index is -0.603. The summed E-state index contributed by atoms with van der Waals surface area (Å²) < 4.78 is 1.77. The van der Waals surface area contributed by atoms with Crippen LogP contribution in [-0.4, -0.2) is 27.3 Å². The van der Waals surface area contributed by atoms with Crippen molar-refractivity contribution in [1.29, 1.82) is 0 Å². The normalized spacial score (nSPS) is 10.4. The van der Waals surface area contributed by atoms with E-state index in [2.05, 4.69) is 15.7 Å². The van der Waals surface area contributed by atoms with E-state index in [-0.39, 0.29) is 16.4 Å². The number of hydrogen-bond acceptors (Lipinski definition) is 4. The second kappa shape index (κ2) is 8.33. The number of benzene rings is 2. The number of nitrogens with zero attached hydrogens (tertiary/aromatic N) is 3. The fraction of sp³-hybridized carbons (Fsp3) is 0.111. The number of rotatable bonds is 6. The van der Waals surface area contributed by atoms with Crippen molar-refractivity contribution in [3.63, 3.8) is 0 Å². The molecule has 0 spiro atoms. The van der Waals surface area contributed by atoms with Gasteiger partial charge in [-0.3, -0.25) is 10.1 Å². The number of nitro groups is 1. The van der Waals surface area contributed by atoms with E-state index < -0.39 is 11.0 Å². The maximum absolute atomic E-state index is 11.9. The Kier molecular flexibility index (Phi) is 5.68. The Hall–Kier alpha value is -3.39. The van der Waals surface area contributed by atoms with Gasteiger partial charge in [-0.05, 0) is 30.3 Å². The molecular weight excluding hydrogens is 370 g/mol. The van der Waals surface area contributed by atoms with Gasteiger partial charge >= 0.3 is 6.03 Å². The fourth-order valence-electron chi connectivity index (χ4n) is 2.43. The number of amides is 2. The van der Waals surface area contributed by atoms with Crippen molar-refractivity contribution in [2.75, 3.05) is 11.9 Å². The summed E-state index contributed by atoms with van der Waals surface area (Å²) in [4.78, 5) is 22.2. The molecule has 0 saturated carbocycles. The van der Waals surface area contributed by atoms with Gasteiger partial charge in [0.25, 0.3) is 5.69 Å². The Morgan fingerprint density at radius 3 is 2.70 bits per heavy atom. The van der Waals surface area contributed by atoms with Gasteiger partial charge in [0, 0.05) is 30.9 Å². The highest BCUT2D eigenvalue weighted by molar-refractivity contribution is 6.32. The number of anilines is 1. The predicted octanol–water partition coefficient (Wildman–Crippen LogP) is 3.80. The lowest BCUT2D eigenvalue weighted by Crippen LogP contribution is -2.30. The molecule has 0 bridgehead atoms. The van der Waals surface area contributed by atoms with Crippen LogP contribution in [0, 0.1) is 10.1 Å². The maximum Gasteiger partial charge on any atom is 0.319 e. The lowest BCUT2D eigenvalue weighted by Gasteiger charge is -2.07. The summed E-state index contributed by atoms with van der Waals surface area (Å²) in [7, 11) is 0. The van der Waals surface area contributed by atoms with Crippen molar-refractivity contribution >= 4 is 29.0 Å². The molecule has 3 rings (SSSR count). The summed E-state index contributed by atoms with van der Waals surface area (Å²) in [5.74, 6) is 0. The standard InChI is InChI=1S/C18H16ClN5O3/c19-16-7-6-14(12-17(16)24(26)27)21-18(25)20-10-8-13-9-11-23(22-13)15-4-2-1-3-5-15/h1-7,9,11-12H,8,10H2,(H2,20,21,25). The molecule has 0 atom stereocenters. The summed E-state index contributed by atoms with van der Waals surface area (Å²) in [6.07, 6.45) is 2.41. The number of carbonyl (C=O) groups excluding carboxylic acids is 1. The molecule has 0 aliphatic heterocycles. The van der Waals surface area contributed by atoms with Crippen LogP contribution < -0.4 is 10.6 Å². The molecule has 1 heterocycles. The Balaban J connectivity index is 1.51. The number of aromatic nitrogens is 2. The van der Waals surface area contributed by atoms with Crippen molar-refractivity contribution in [2.24, 2.45) is 0 Å². The van der Waals surface area contributed by atoms with Crippen LogP contribution in [0.4, 0.5) is 16.2 Å². The summed E-state index contributed by atoms with van der Waals surface area (Å²) in [6.45, 7) is 0.368. The van der Waals surface area contributed by atoms with E-state index in [1.807, 2.05) is 42.6 Å². The van der Waals surface area contributed by atoms with Gasteiger partial charge < -0.3 is 10.6 Å². The Bertz CT molecular complexity index is 959. The largest absolute Gasteiger partial charge is 0.337 e. The number of hydrogen-bond donors (Lipinski definition) is 2. The van der Waals surface area contributed by atoms with E-state index in [4.69, 9.17) is 11.6 Å². The molecule has 27 heavy (non-hydrogen) atoms. The Labute approximate surface area is 159 Å². The second-order valence-electron chi connectivity index (χ2n) is 5.64. The van der Waals surface area contributed by atoms with E-state index >= 15 is 0 Å². The van der Waals surface area contributed by atoms with Gasteiger partial charge in [-0.1, -0.05) is 29.8 Å². The van der Waals surface area contributed by atoms with Crippen molar-refractivity contribution in [3.05, 3.63) is 81.6 Å². The van der Waals surface area contributed by atoms with Crippen LogP contribution in [0.2, 0.25) is 5.02 Å². The molecule has 3 aromatic rings. The molecule has 1 aromatic heterocycles. The van der Waals surface area contributed by atoms with Gasteiger partial charge in [0.1, 0.15) is 5.02 Å². The first-order valence-electron chi connectivity index (χ1n) is 8.12. The van der Waals surface area contributed by atoms with Crippen LogP contribution in [0.1, 0.15) is 5.69 Å². The van der Waals surface area contributed by atoms with Gasteiger partial charge in [-0.25, -0.2) is 9.48 Å². The third-order valence-corrected chi connectivity index (χ3v) is 4.05. The summed E-state index contributed by atoms with van der Waals surface area (Å²) in [6, 6.07) is 15.2. The number of carbonyl (C=O) groups is 1. The highest BCUT2D eigenvalue weighted by atomic mass is 35.5. The van der Waals surface area contributed by atoms with Gasteiger partial charge in [0.05, 0.1) is 16.3 Å². The first-order valence-corrected chi connectivity index (χ1v) is 8.49. The second-order valence-corrected chi connectivity index (χ2v) is 6.05. The number of nitrogens with one attached hydrogen (secondary N) is 2. The molecule has 0 radical (unpaired) electrons. The van der Waals surface area contributed by atoms with Crippen LogP contribution in [-0.2, 0) is 6.42 Å². The van der Waals surface area contributed by atoms with Crippen molar-refractivity contribution in [3.8, 4) is 5.69 Å². The highest BCUT2D eigenvalue weighted by Crippen LogP contribution is 2.27. The number of urea groups is 1. The Morgan fingerprint density at radius 2 is 1.96 bits per heavy atom. The fourth-order valence-corrected chi connectivity index (χ4v) is 2.62. The molecule has 0 aliphatic rings. The van der Waals surface area contributed by atoms with Gasteiger partial charge in [-0.15, -0.1) is 0 Å². The smallest absolute Gasteiger partial charge is 0.319 e. The molecule has 0 fully saturated rings. The van der Waals surface area contributed by atoms with Gasteiger partial charge in [-0.2, -0.15) is 5.10 Å². The highest BCUT2D eigenvalue weighted by Gasteiger charge is 2.13. The summed E-state index contributed by atoms with van der Waals surface area (Å²) in [5.41, 5.74) is 1.82. The zero-order valence-corrected chi connectivity index (χ0v) is 14.9. The van der Waals surface area contributed by atoms with E-state index in [1.54, 1.807) is 4.68 Å². The number of halogens is 1. The van der Waals surface area contributed by atoms with Crippen LogP contribution >= 0.6 is 11.6 Å².